The summed E-state index contributed by atoms with van der Waals surface area (Å²) in [6, 6.07) is 4.94. The lowest BCUT2D eigenvalue weighted by Crippen LogP contribution is -2.58. The van der Waals surface area contributed by atoms with Gasteiger partial charge in [0.15, 0.2) is 5.75 Å². The number of likely N-dealkylation sites (tertiary alicyclic amines) is 1. The first-order chi connectivity index (χ1) is 25.3. The molecule has 0 unspecified atom stereocenters. The van der Waals surface area contributed by atoms with E-state index >= 15 is 0 Å². The van der Waals surface area contributed by atoms with Gasteiger partial charge in [-0.05, 0) is 51.2 Å². The Morgan fingerprint density at radius 2 is 1.76 bits per heavy atom. The van der Waals surface area contributed by atoms with E-state index in [4.69, 9.17) is 19.2 Å². The van der Waals surface area contributed by atoms with Crippen LogP contribution in [-0.2, 0) is 29.1 Å². The molecule has 290 valence electrons. The summed E-state index contributed by atoms with van der Waals surface area (Å²) in [7, 11) is -2.41. The van der Waals surface area contributed by atoms with Gasteiger partial charge in [-0.1, -0.05) is 51.6 Å². The van der Waals surface area contributed by atoms with Gasteiger partial charge < -0.3 is 29.7 Å². The zero-order chi connectivity index (χ0) is 39.6. The largest absolute Gasteiger partial charge is 0.494 e. The van der Waals surface area contributed by atoms with Crippen LogP contribution in [0.4, 0.5) is 4.79 Å². The summed E-state index contributed by atoms with van der Waals surface area (Å²) >= 11 is 1.37. The predicted molar refractivity (Wildman–Crippen MR) is 203 cm³/mol. The molecule has 2 aromatic heterocycles. The molecule has 1 aliphatic carbocycles. The molecule has 3 heterocycles. The van der Waals surface area contributed by atoms with Crippen molar-refractivity contribution in [1.29, 1.82) is 0 Å². The number of benzene rings is 1. The monoisotopic (exact) mass is 782 g/mol. The summed E-state index contributed by atoms with van der Waals surface area (Å²) in [5.41, 5.74) is -1.64. The van der Waals surface area contributed by atoms with Crippen LogP contribution in [0.25, 0.3) is 21.5 Å². The molecule has 0 bridgehead atoms. The fourth-order valence-corrected chi connectivity index (χ4v) is 7.83. The predicted octanol–water partition coefficient (Wildman–Crippen LogP) is 4.45. The maximum Gasteiger partial charge on any atom is 0.408 e. The molecule has 2 aliphatic rings. The van der Waals surface area contributed by atoms with Crippen LogP contribution >= 0.6 is 11.3 Å². The Bertz CT molecular complexity index is 2070. The molecular formula is C37H46N6O9S2. The summed E-state index contributed by atoms with van der Waals surface area (Å²) in [5.74, 6) is -1.74. The average molecular weight is 783 g/mol. The number of amides is 4. The highest BCUT2D eigenvalue weighted by molar-refractivity contribution is 7.91. The molecule has 2 fully saturated rings. The lowest BCUT2D eigenvalue weighted by atomic mass is 9.85. The van der Waals surface area contributed by atoms with Crippen LogP contribution in [0.5, 0.6) is 11.6 Å². The number of sulfonamides is 1. The molecule has 54 heavy (non-hydrogen) atoms. The molecule has 3 aromatic rings. The number of nitrogens with one attached hydrogen (secondary N) is 3. The van der Waals surface area contributed by atoms with Gasteiger partial charge >= 0.3 is 6.09 Å². The van der Waals surface area contributed by atoms with Crippen LogP contribution in [0, 0.1) is 5.41 Å². The van der Waals surface area contributed by atoms with E-state index in [0.717, 1.165) is 0 Å². The number of fused-ring (bicyclic) bond motifs is 1. The number of pyridine rings is 1. The van der Waals surface area contributed by atoms with E-state index in [0.29, 0.717) is 40.1 Å². The lowest BCUT2D eigenvalue weighted by molar-refractivity contribution is -0.142. The van der Waals surface area contributed by atoms with E-state index in [-0.39, 0.29) is 24.5 Å². The number of aromatic nitrogens is 2. The number of carbonyl (C=O) groups excluding carboxylic acids is 4. The molecule has 17 heteroatoms. The first kappa shape index (κ1) is 40.2. The van der Waals surface area contributed by atoms with Gasteiger partial charge in [0.05, 0.1) is 18.9 Å². The Morgan fingerprint density at radius 1 is 1.07 bits per heavy atom. The molecule has 5 rings (SSSR count). The van der Waals surface area contributed by atoms with Crippen LogP contribution in [0.2, 0.25) is 0 Å². The van der Waals surface area contributed by atoms with Gasteiger partial charge in [0.1, 0.15) is 40.2 Å². The van der Waals surface area contributed by atoms with Crippen LogP contribution in [0.1, 0.15) is 60.8 Å². The van der Waals surface area contributed by atoms with E-state index < -0.39 is 68.3 Å². The van der Waals surface area contributed by atoms with Crippen molar-refractivity contribution in [2.24, 2.45) is 5.41 Å². The van der Waals surface area contributed by atoms with Gasteiger partial charge in [-0.25, -0.2) is 27.9 Å². The van der Waals surface area contributed by atoms with Crippen LogP contribution in [0.3, 0.4) is 0 Å². The molecule has 3 atom stereocenters. The van der Waals surface area contributed by atoms with E-state index in [2.05, 4.69) is 22.2 Å². The van der Waals surface area contributed by atoms with Gasteiger partial charge in [0.2, 0.25) is 27.7 Å². The van der Waals surface area contributed by atoms with E-state index in [9.17, 15) is 27.6 Å². The van der Waals surface area contributed by atoms with Crippen molar-refractivity contribution in [3.63, 3.8) is 0 Å². The number of thiazole rings is 1. The second-order valence-corrected chi connectivity index (χ2v) is 17.9. The summed E-state index contributed by atoms with van der Waals surface area (Å²) in [6.07, 6.45) is 3.20. The van der Waals surface area contributed by atoms with Gasteiger partial charge in [0, 0.05) is 28.8 Å². The molecule has 0 spiro atoms. The molecule has 1 saturated heterocycles. The Morgan fingerprint density at radius 3 is 2.33 bits per heavy atom. The third-order valence-corrected chi connectivity index (χ3v) is 11.2. The van der Waals surface area contributed by atoms with Crippen molar-refractivity contribution in [3.8, 4) is 22.3 Å². The maximum absolute atomic E-state index is 14.5. The van der Waals surface area contributed by atoms with Gasteiger partial charge in [-0.2, -0.15) is 0 Å². The lowest BCUT2D eigenvalue weighted by Gasteiger charge is -2.35. The second-order valence-electron chi connectivity index (χ2n) is 15.1. The number of hydrogen-bond acceptors (Lipinski definition) is 12. The normalized spacial score (nSPS) is 18.4. The number of nitrogens with zero attached hydrogens (tertiary/aromatic N) is 3. The Hall–Kier alpha value is -5.03. The van der Waals surface area contributed by atoms with Crippen molar-refractivity contribution in [2.75, 3.05) is 13.7 Å². The van der Waals surface area contributed by atoms with Gasteiger partial charge in [-0.15, -0.1) is 11.3 Å². The fraction of sp³-hybridized carbons (Fsp3) is 0.459. The minimum absolute atomic E-state index is 0.0567. The molecule has 15 nitrogen and oxygen atoms in total. The smallest absolute Gasteiger partial charge is 0.408 e. The number of alkyl carbamates (subject to hydrolysis) is 1. The average Bonchev–Trinajstić information content (AvgIpc) is 3.66. The van der Waals surface area contributed by atoms with Crippen molar-refractivity contribution in [3.05, 3.63) is 60.3 Å². The van der Waals surface area contributed by atoms with Crippen LogP contribution in [-0.4, -0.2) is 89.8 Å². The first-order valence-electron chi connectivity index (χ1n) is 17.4. The number of rotatable bonds is 12. The van der Waals surface area contributed by atoms with Crippen molar-refractivity contribution in [1.82, 2.24) is 30.2 Å². The van der Waals surface area contributed by atoms with Gasteiger partial charge in [-0.3, -0.25) is 14.4 Å². The minimum Gasteiger partial charge on any atom is -0.494 e. The molecule has 3 N–H and O–H groups in total. The van der Waals surface area contributed by atoms with E-state index in [1.165, 1.54) is 28.4 Å². The Balaban J connectivity index is 1.50. The van der Waals surface area contributed by atoms with Crippen molar-refractivity contribution in [2.45, 2.75) is 89.8 Å². The standard InChI is InChI=1S/C37H46N6O9S2/c1-9-12-25(30(44)42-54(48,49)22-15-16-22)39-31(45)26-19-21(20-43(26)34(46)29(36(2,3)4)41-35(47)52-37(5,6)7)51-32-24-14-11-10-13-23(24)28(50-8)27(40-32)33-38-17-18-53-33/h9-14,17-18,21-22,26,29H,1,15-16,19-20H2,2-8H3,(H,39,45)(H,41,47)(H,42,44)/b25-12+/t21-,26+,29-/m1/s1. The van der Waals surface area contributed by atoms with Crippen LogP contribution in [0.15, 0.2) is 60.3 Å². The molecule has 0 radical (unpaired) electrons. The fourth-order valence-electron chi connectivity index (χ4n) is 5.92. The zero-order valence-electron chi connectivity index (χ0n) is 31.3. The summed E-state index contributed by atoms with van der Waals surface area (Å²) in [5, 5.41) is 8.22. The minimum atomic E-state index is -3.95. The quantitative estimate of drug-likeness (QED) is 0.174. The number of methoxy groups -OCH3 is 1. The van der Waals surface area contributed by atoms with E-state index in [1.807, 2.05) is 34.4 Å². The summed E-state index contributed by atoms with van der Waals surface area (Å²) in [4.78, 5) is 65.3. The SMILES string of the molecule is C=C/C=C(/NC(=O)[C@@H]1C[C@@H](Oc2nc(-c3nccs3)c(OC)c3ccccc23)CN1C(=O)[C@@H](NC(=O)OC(C)(C)C)C(C)(C)C)C(=O)NS(=O)(=O)C1CC1. The Labute approximate surface area is 318 Å². The molecule has 1 aromatic carbocycles. The zero-order valence-corrected chi connectivity index (χ0v) is 32.9. The third-order valence-electron chi connectivity index (χ3n) is 8.56. The summed E-state index contributed by atoms with van der Waals surface area (Å²) in [6.45, 7) is 13.8. The highest BCUT2D eigenvalue weighted by Gasteiger charge is 2.47. The molecule has 4 amide bonds. The molecule has 1 aliphatic heterocycles. The van der Waals surface area contributed by atoms with Crippen molar-refractivity contribution >= 4 is 55.9 Å². The van der Waals surface area contributed by atoms with Crippen molar-refractivity contribution < 1.29 is 41.8 Å². The summed E-state index contributed by atoms with van der Waals surface area (Å²) < 4.78 is 44.9. The topological polar surface area (TPSA) is 195 Å². The first-order valence-corrected chi connectivity index (χ1v) is 19.8. The highest BCUT2D eigenvalue weighted by atomic mass is 32.2. The molecular weight excluding hydrogens is 737 g/mol. The Kier molecular flexibility index (Phi) is 11.7. The molecule has 1 saturated carbocycles. The second kappa shape index (κ2) is 15.8. The highest BCUT2D eigenvalue weighted by Crippen LogP contribution is 2.41. The number of allylic oxidation sites excluding steroid dienone is 2. The van der Waals surface area contributed by atoms with E-state index in [1.54, 1.807) is 54.8 Å². The van der Waals surface area contributed by atoms with Crippen LogP contribution < -0.4 is 24.8 Å². The number of carbonyl (C=O) groups is 4. The third kappa shape index (κ3) is 9.36. The maximum atomic E-state index is 14.5. The number of ether oxygens (including phenoxy) is 3. The van der Waals surface area contributed by atoms with Gasteiger partial charge in [0.25, 0.3) is 5.91 Å². The number of hydrogen-bond donors (Lipinski definition) is 3.